The highest BCUT2D eigenvalue weighted by molar-refractivity contribution is 9.10. The molecule has 1 heterocycles. The third kappa shape index (κ3) is 3.59. The molecular weight excluding hydrogens is 314 g/mol. The van der Waals surface area contributed by atoms with Gasteiger partial charge in [0, 0.05) is 16.1 Å². The van der Waals surface area contributed by atoms with E-state index in [9.17, 15) is 9.59 Å². The quantitative estimate of drug-likeness (QED) is 0.685. The van der Waals surface area contributed by atoms with E-state index in [-0.39, 0.29) is 6.04 Å². The summed E-state index contributed by atoms with van der Waals surface area (Å²) in [6.07, 6.45) is 1.90. The van der Waals surface area contributed by atoms with Crippen LogP contribution in [-0.2, 0) is 4.79 Å². The van der Waals surface area contributed by atoms with Crippen molar-refractivity contribution in [2.45, 2.75) is 18.9 Å². The Morgan fingerprint density at radius 1 is 1.17 bits per heavy atom. The van der Waals surface area contributed by atoms with Gasteiger partial charge in [0.05, 0.1) is 0 Å². The first-order valence-corrected chi connectivity index (χ1v) is 7.80. The Kier molecular flexibility index (Phi) is 4.83. The molecule has 0 aliphatic carbocycles. The van der Waals surface area contributed by atoms with Crippen LogP contribution in [-0.4, -0.2) is 29.2 Å². The van der Waals surface area contributed by atoms with Crippen LogP contribution >= 0.6 is 27.7 Å². The van der Waals surface area contributed by atoms with Crippen molar-refractivity contribution in [3.63, 3.8) is 0 Å². The number of amides is 1. The fourth-order valence-corrected chi connectivity index (χ4v) is 3.20. The number of ketones is 1. The average molecular weight is 328 g/mol. The topological polar surface area (TPSA) is 46.2 Å². The van der Waals surface area contributed by atoms with Gasteiger partial charge in [0.25, 0.3) is 5.91 Å². The largest absolute Gasteiger partial charge is 0.346 e. The zero-order valence-electron chi connectivity index (χ0n) is 9.82. The van der Waals surface area contributed by atoms with Gasteiger partial charge in [-0.1, -0.05) is 15.9 Å². The lowest BCUT2D eigenvalue weighted by Crippen LogP contribution is -2.41. The van der Waals surface area contributed by atoms with Crippen LogP contribution in [0.1, 0.15) is 23.2 Å². The molecule has 0 aromatic heterocycles. The fraction of sp³-hybridized carbons (Fsp3) is 0.385. The third-order valence-corrected chi connectivity index (χ3v) is 4.45. The predicted octanol–water partition coefficient (Wildman–Crippen LogP) is 2.64. The smallest absolute Gasteiger partial charge is 0.292 e. The molecule has 0 spiro atoms. The van der Waals surface area contributed by atoms with E-state index in [0.717, 1.165) is 28.8 Å². The van der Waals surface area contributed by atoms with Crippen molar-refractivity contribution < 1.29 is 9.59 Å². The Morgan fingerprint density at radius 2 is 1.78 bits per heavy atom. The molecule has 1 N–H and O–H groups in total. The molecule has 5 heteroatoms. The molecule has 1 saturated heterocycles. The molecule has 18 heavy (non-hydrogen) atoms. The second kappa shape index (κ2) is 6.38. The van der Waals surface area contributed by atoms with Gasteiger partial charge in [0.15, 0.2) is 0 Å². The van der Waals surface area contributed by atoms with E-state index in [1.807, 2.05) is 11.8 Å². The van der Waals surface area contributed by atoms with Crippen LogP contribution in [0.5, 0.6) is 0 Å². The van der Waals surface area contributed by atoms with Gasteiger partial charge in [-0.3, -0.25) is 9.59 Å². The van der Waals surface area contributed by atoms with E-state index < -0.39 is 11.7 Å². The van der Waals surface area contributed by atoms with Crippen LogP contribution in [0.25, 0.3) is 0 Å². The molecule has 1 aliphatic heterocycles. The first-order chi connectivity index (χ1) is 8.66. The summed E-state index contributed by atoms with van der Waals surface area (Å²) in [5, 5.41) is 2.82. The molecule has 2 rings (SSSR count). The molecule has 1 aromatic rings. The molecular formula is C13H14BrNO2S. The maximum absolute atomic E-state index is 11.9. The molecule has 1 fully saturated rings. The van der Waals surface area contributed by atoms with Gasteiger partial charge >= 0.3 is 0 Å². The minimum atomic E-state index is -0.491. The highest BCUT2D eigenvalue weighted by atomic mass is 79.9. The molecule has 0 radical (unpaired) electrons. The number of benzene rings is 1. The molecule has 1 aromatic carbocycles. The lowest BCUT2D eigenvalue weighted by Gasteiger charge is -2.22. The van der Waals surface area contributed by atoms with Gasteiger partial charge < -0.3 is 5.32 Å². The summed E-state index contributed by atoms with van der Waals surface area (Å²) >= 11 is 5.19. The summed E-state index contributed by atoms with van der Waals surface area (Å²) in [5.74, 6) is 1.16. The van der Waals surface area contributed by atoms with Crippen molar-refractivity contribution in [3.05, 3.63) is 34.3 Å². The zero-order chi connectivity index (χ0) is 13.0. The summed E-state index contributed by atoms with van der Waals surface area (Å²) in [7, 11) is 0. The number of thioether (sulfide) groups is 1. The molecule has 0 unspecified atom stereocenters. The number of carbonyl (C=O) groups excluding carboxylic acids is 2. The first-order valence-electron chi connectivity index (χ1n) is 5.85. The number of halogens is 1. The van der Waals surface area contributed by atoms with E-state index in [2.05, 4.69) is 21.2 Å². The molecule has 3 nitrogen and oxygen atoms in total. The highest BCUT2D eigenvalue weighted by Crippen LogP contribution is 2.17. The van der Waals surface area contributed by atoms with Crippen molar-refractivity contribution in [3.8, 4) is 0 Å². The highest BCUT2D eigenvalue weighted by Gasteiger charge is 2.21. The van der Waals surface area contributed by atoms with Crippen molar-refractivity contribution in [1.29, 1.82) is 0 Å². The summed E-state index contributed by atoms with van der Waals surface area (Å²) < 4.78 is 0.892. The predicted molar refractivity (Wildman–Crippen MR) is 77.0 cm³/mol. The van der Waals surface area contributed by atoms with Crippen molar-refractivity contribution >= 4 is 39.4 Å². The fourth-order valence-electron chi connectivity index (χ4n) is 1.83. The summed E-state index contributed by atoms with van der Waals surface area (Å²) in [6, 6.07) is 6.99. The standard InChI is InChI=1S/C13H14BrNO2S/c14-10-3-1-9(2-4-10)12(16)13(17)15-11-5-7-18-8-6-11/h1-4,11H,5-8H2,(H,15,17). The SMILES string of the molecule is O=C(NC1CCSCC1)C(=O)c1ccc(Br)cc1. The Labute approximate surface area is 119 Å². The number of hydrogen-bond donors (Lipinski definition) is 1. The molecule has 0 bridgehead atoms. The number of rotatable bonds is 3. The van der Waals surface area contributed by atoms with E-state index in [0.29, 0.717) is 5.56 Å². The number of nitrogens with one attached hydrogen (secondary N) is 1. The minimum absolute atomic E-state index is 0.151. The Bertz CT molecular complexity index is 441. The normalized spacial score (nSPS) is 16.3. The molecule has 1 amide bonds. The van der Waals surface area contributed by atoms with E-state index in [1.165, 1.54) is 0 Å². The number of carbonyl (C=O) groups is 2. The maximum Gasteiger partial charge on any atom is 0.292 e. The molecule has 1 aliphatic rings. The Balaban J connectivity index is 1.95. The van der Waals surface area contributed by atoms with Crippen molar-refractivity contribution in [1.82, 2.24) is 5.32 Å². The van der Waals surface area contributed by atoms with E-state index >= 15 is 0 Å². The zero-order valence-corrected chi connectivity index (χ0v) is 12.2. The average Bonchev–Trinajstić information content (AvgIpc) is 2.40. The lowest BCUT2D eigenvalue weighted by molar-refractivity contribution is -0.117. The van der Waals surface area contributed by atoms with Crippen LogP contribution in [0.15, 0.2) is 28.7 Å². The van der Waals surface area contributed by atoms with Crippen LogP contribution < -0.4 is 5.32 Å². The van der Waals surface area contributed by atoms with Crippen molar-refractivity contribution in [2.75, 3.05) is 11.5 Å². The summed E-state index contributed by atoms with van der Waals surface area (Å²) in [5.41, 5.74) is 0.431. The van der Waals surface area contributed by atoms with Gasteiger partial charge in [-0.05, 0) is 48.6 Å². The monoisotopic (exact) mass is 327 g/mol. The van der Waals surface area contributed by atoms with Crippen LogP contribution in [0.2, 0.25) is 0 Å². The van der Waals surface area contributed by atoms with Crippen LogP contribution in [0.4, 0.5) is 0 Å². The lowest BCUT2D eigenvalue weighted by atomic mass is 10.1. The molecule has 0 saturated carbocycles. The van der Waals surface area contributed by atoms with Crippen LogP contribution in [0.3, 0.4) is 0 Å². The molecule has 96 valence electrons. The third-order valence-electron chi connectivity index (χ3n) is 2.87. The number of Topliss-reactive ketones (excluding diaryl/α,β-unsaturated/α-hetero) is 1. The summed E-state index contributed by atoms with van der Waals surface area (Å²) in [4.78, 5) is 23.7. The van der Waals surface area contributed by atoms with Gasteiger partial charge in [-0.15, -0.1) is 0 Å². The summed E-state index contributed by atoms with van der Waals surface area (Å²) in [6.45, 7) is 0. The Morgan fingerprint density at radius 3 is 2.39 bits per heavy atom. The molecule has 0 atom stereocenters. The van der Waals surface area contributed by atoms with Crippen molar-refractivity contribution in [2.24, 2.45) is 0 Å². The first kappa shape index (κ1) is 13.6. The number of hydrogen-bond acceptors (Lipinski definition) is 3. The second-order valence-corrected chi connectivity index (χ2v) is 6.34. The Hall–Kier alpha value is -0.810. The van der Waals surface area contributed by atoms with E-state index in [4.69, 9.17) is 0 Å². The van der Waals surface area contributed by atoms with Crippen LogP contribution in [0, 0.1) is 0 Å². The second-order valence-electron chi connectivity index (χ2n) is 4.20. The van der Waals surface area contributed by atoms with Gasteiger partial charge in [-0.2, -0.15) is 11.8 Å². The van der Waals surface area contributed by atoms with Gasteiger partial charge in [0.1, 0.15) is 0 Å². The van der Waals surface area contributed by atoms with E-state index in [1.54, 1.807) is 24.3 Å². The maximum atomic E-state index is 11.9. The minimum Gasteiger partial charge on any atom is -0.346 e. The van der Waals surface area contributed by atoms with Gasteiger partial charge in [0.2, 0.25) is 5.78 Å². The van der Waals surface area contributed by atoms with Gasteiger partial charge in [-0.25, -0.2) is 0 Å².